The fraction of sp³-hybridized carbons (Fsp3) is 0.474. The van der Waals surface area contributed by atoms with Gasteiger partial charge in [-0.1, -0.05) is 43.5 Å². The molecule has 130 valence electrons. The molecule has 1 aromatic carbocycles. The molecule has 1 heterocycles. The van der Waals surface area contributed by atoms with Crippen molar-refractivity contribution in [2.75, 3.05) is 6.54 Å². The van der Waals surface area contributed by atoms with E-state index in [2.05, 4.69) is 17.4 Å². The van der Waals surface area contributed by atoms with Gasteiger partial charge in [-0.25, -0.2) is 0 Å². The zero-order valence-corrected chi connectivity index (χ0v) is 14.7. The highest BCUT2D eigenvalue weighted by Crippen LogP contribution is 2.21. The van der Waals surface area contributed by atoms with Crippen molar-refractivity contribution in [3.63, 3.8) is 0 Å². The Morgan fingerprint density at radius 3 is 2.71 bits per heavy atom. The molecule has 0 aliphatic carbocycles. The normalized spacial score (nSPS) is 10.6. The molecular formula is C19H26N2O3. The van der Waals surface area contributed by atoms with Crippen LogP contribution in [0.2, 0.25) is 0 Å². The van der Waals surface area contributed by atoms with Crippen LogP contribution in [-0.2, 0) is 6.61 Å². The van der Waals surface area contributed by atoms with E-state index in [1.54, 1.807) is 6.07 Å². The Bertz CT molecular complexity index is 645. The van der Waals surface area contributed by atoms with Gasteiger partial charge in [0.2, 0.25) is 0 Å². The Hall–Kier alpha value is -2.30. The predicted molar refractivity (Wildman–Crippen MR) is 93.2 cm³/mol. The van der Waals surface area contributed by atoms with Crippen molar-refractivity contribution in [1.82, 2.24) is 10.5 Å². The van der Waals surface area contributed by atoms with E-state index in [0.29, 0.717) is 24.5 Å². The average molecular weight is 330 g/mol. The van der Waals surface area contributed by atoms with Gasteiger partial charge in [-0.3, -0.25) is 4.79 Å². The van der Waals surface area contributed by atoms with E-state index in [4.69, 9.17) is 9.26 Å². The topological polar surface area (TPSA) is 64.4 Å². The summed E-state index contributed by atoms with van der Waals surface area (Å²) in [6, 6.07) is 7.30. The van der Waals surface area contributed by atoms with Gasteiger partial charge in [-0.05, 0) is 32.4 Å². The molecular weight excluding hydrogens is 304 g/mol. The summed E-state index contributed by atoms with van der Waals surface area (Å²) in [6.07, 6.45) is 4.53. The number of rotatable bonds is 9. The number of ether oxygens (including phenoxy) is 1. The minimum atomic E-state index is -0.0964. The van der Waals surface area contributed by atoms with Crippen LogP contribution in [0.25, 0.3) is 0 Å². The van der Waals surface area contributed by atoms with Crippen molar-refractivity contribution in [1.29, 1.82) is 0 Å². The highest BCUT2D eigenvalue weighted by Gasteiger charge is 2.14. The number of hydrogen-bond acceptors (Lipinski definition) is 4. The second-order valence-electron chi connectivity index (χ2n) is 5.90. The average Bonchev–Trinajstić information content (AvgIpc) is 2.91. The summed E-state index contributed by atoms with van der Waals surface area (Å²) in [5, 5.41) is 6.88. The molecule has 0 saturated heterocycles. The van der Waals surface area contributed by atoms with Crippen LogP contribution in [0.1, 0.15) is 60.0 Å². The highest BCUT2D eigenvalue weighted by atomic mass is 16.5. The second kappa shape index (κ2) is 9.11. The summed E-state index contributed by atoms with van der Waals surface area (Å²) in [5.41, 5.74) is 2.29. The molecule has 0 fully saturated rings. The lowest BCUT2D eigenvalue weighted by Gasteiger charge is -2.11. The maximum Gasteiger partial charge on any atom is 0.255 e. The van der Waals surface area contributed by atoms with E-state index >= 15 is 0 Å². The van der Waals surface area contributed by atoms with Gasteiger partial charge in [0.05, 0.1) is 16.8 Å². The quantitative estimate of drug-likeness (QED) is 0.701. The van der Waals surface area contributed by atoms with Crippen LogP contribution >= 0.6 is 0 Å². The smallest absolute Gasteiger partial charge is 0.255 e. The first kappa shape index (κ1) is 18.0. The first-order chi connectivity index (χ1) is 11.6. The first-order valence-corrected chi connectivity index (χ1v) is 8.55. The lowest BCUT2D eigenvalue weighted by molar-refractivity contribution is 0.0948. The second-order valence-corrected chi connectivity index (χ2v) is 5.90. The number of aryl methyl sites for hydroxylation is 2. The lowest BCUT2D eigenvalue weighted by Crippen LogP contribution is -2.25. The zero-order valence-electron chi connectivity index (χ0n) is 14.7. The molecule has 0 unspecified atom stereocenters. The van der Waals surface area contributed by atoms with E-state index in [-0.39, 0.29) is 5.91 Å². The van der Waals surface area contributed by atoms with Crippen molar-refractivity contribution < 1.29 is 14.1 Å². The number of nitrogens with one attached hydrogen (secondary N) is 1. The molecule has 0 radical (unpaired) electrons. The molecule has 2 rings (SSSR count). The number of unbranched alkanes of at least 4 members (excludes halogenated alkanes) is 3. The number of hydrogen-bond donors (Lipinski definition) is 1. The Balaban J connectivity index is 1.95. The molecule has 0 aliphatic heterocycles. The van der Waals surface area contributed by atoms with Crippen molar-refractivity contribution >= 4 is 5.91 Å². The molecule has 1 amide bonds. The van der Waals surface area contributed by atoms with Crippen LogP contribution in [-0.4, -0.2) is 17.6 Å². The third-order valence-electron chi connectivity index (χ3n) is 4.00. The number of carbonyl (C=O) groups is 1. The molecule has 5 heteroatoms. The number of para-hydroxylation sites is 1. The van der Waals surface area contributed by atoms with Crippen molar-refractivity contribution in [3.05, 3.63) is 46.8 Å². The monoisotopic (exact) mass is 330 g/mol. The van der Waals surface area contributed by atoms with Crippen LogP contribution < -0.4 is 10.1 Å². The zero-order chi connectivity index (χ0) is 17.4. The molecule has 24 heavy (non-hydrogen) atoms. The van der Waals surface area contributed by atoms with E-state index in [1.807, 2.05) is 32.0 Å². The van der Waals surface area contributed by atoms with Crippen LogP contribution in [0, 0.1) is 13.8 Å². The molecule has 0 aliphatic rings. The van der Waals surface area contributed by atoms with E-state index in [0.717, 1.165) is 29.9 Å². The first-order valence-electron chi connectivity index (χ1n) is 8.55. The molecule has 0 atom stereocenters. The fourth-order valence-corrected chi connectivity index (χ4v) is 2.49. The van der Waals surface area contributed by atoms with E-state index < -0.39 is 0 Å². The summed E-state index contributed by atoms with van der Waals surface area (Å²) < 4.78 is 11.0. The van der Waals surface area contributed by atoms with Crippen LogP contribution in [0.15, 0.2) is 28.8 Å². The maximum absolute atomic E-state index is 12.4. The number of aromatic nitrogens is 1. The van der Waals surface area contributed by atoms with Crippen molar-refractivity contribution in [2.24, 2.45) is 0 Å². The number of nitrogens with zero attached hydrogens (tertiary/aromatic N) is 1. The Morgan fingerprint density at radius 2 is 2.00 bits per heavy atom. The highest BCUT2D eigenvalue weighted by molar-refractivity contribution is 5.96. The van der Waals surface area contributed by atoms with Gasteiger partial charge < -0.3 is 14.6 Å². The van der Waals surface area contributed by atoms with Crippen molar-refractivity contribution in [3.8, 4) is 5.75 Å². The minimum absolute atomic E-state index is 0.0964. The van der Waals surface area contributed by atoms with Gasteiger partial charge in [0, 0.05) is 6.54 Å². The summed E-state index contributed by atoms with van der Waals surface area (Å²) in [4.78, 5) is 12.4. The van der Waals surface area contributed by atoms with E-state index in [9.17, 15) is 4.79 Å². The van der Waals surface area contributed by atoms with Gasteiger partial charge in [-0.15, -0.1) is 0 Å². The standard InChI is InChI=1S/C19H26N2O3/c1-4-5-6-9-12-20-19(22)16-10-7-8-11-18(16)23-13-17-14(2)21-24-15(17)3/h7-8,10-11H,4-6,9,12-13H2,1-3H3,(H,20,22). The Labute approximate surface area is 143 Å². The van der Waals surface area contributed by atoms with Crippen LogP contribution in [0.5, 0.6) is 5.75 Å². The van der Waals surface area contributed by atoms with Gasteiger partial charge in [-0.2, -0.15) is 0 Å². The molecule has 1 N–H and O–H groups in total. The number of amides is 1. The molecule has 5 nitrogen and oxygen atoms in total. The molecule has 2 aromatic rings. The van der Waals surface area contributed by atoms with Gasteiger partial charge in [0.15, 0.2) is 0 Å². The largest absolute Gasteiger partial charge is 0.488 e. The van der Waals surface area contributed by atoms with Gasteiger partial charge in [0.25, 0.3) is 5.91 Å². The summed E-state index contributed by atoms with van der Waals surface area (Å²) in [7, 11) is 0. The summed E-state index contributed by atoms with van der Waals surface area (Å²) in [5.74, 6) is 1.22. The van der Waals surface area contributed by atoms with Crippen molar-refractivity contribution in [2.45, 2.75) is 53.1 Å². The molecule has 0 saturated carbocycles. The SMILES string of the molecule is CCCCCCNC(=O)c1ccccc1OCc1c(C)noc1C. The fourth-order valence-electron chi connectivity index (χ4n) is 2.49. The predicted octanol–water partition coefficient (Wildman–Crippen LogP) is 4.18. The van der Waals surface area contributed by atoms with Gasteiger partial charge in [0.1, 0.15) is 18.1 Å². The molecule has 1 aromatic heterocycles. The third-order valence-corrected chi connectivity index (χ3v) is 4.00. The lowest BCUT2D eigenvalue weighted by atomic mass is 10.1. The summed E-state index contributed by atoms with van der Waals surface area (Å²) in [6.45, 7) is 6.93. The summed E-state index contributed by atoms with van der Waals surface area (Å²) >= 11 is 0. The molecule has 0 bridgehead atoms. The Morgan fingerprint density at radius 1 is 1.21 bits per heavy atom. The van der Waals surface area contributed by atoms with Gasteiger partial charge >= 0.3 is 0 Å². The number of carbonyl (C=O) groups excluding carboxylic acids is 1. The number of benzene rings is 1. The Kier molecular flexibility index (Phi) is 6.85. The van der Waals surface area contributed by atoms with Crippen LogP contribution in [0.4, 0.5) is 0 Å². The van der Waals surface area contributed by atoms with Crippen LogP contribution in [0.3, 0.4) is 0 Å². The third kappa shape index (κ3) is 4.85. The minimum Gasteiger partial charge on any atom is -0.488 e. The maximum atomic E-state index is 12.4. The molecule has 0 spiro atoms. The van der Waals surface area contributed by atoms with E-state index in [1.165, 1.54) is 12.8 Å².